The summed E-state index contributed by atoms with van der Waals surface area (Å²) in [6.07, 6.45) is 2.55. The van der Waals surface area contributed by atoms with E-state index >= 15 is 0 Å². The minimum atomic E-state index is 0.571. The number of benzene rings is 1. The van der Waals surface area contributed by atoms with Gasteiger partial charge in [-0.25, -0.2) is 0 Å². The first-order chi connectivity index (χ1) is 9.16. The first-order valence-electron chi connectivity index (χ1n) is 7.37. The largest absolute Gasteiger partial charge is 0.314 e. The molecule has 0 spiro atoms. The van der Waals surface area contributed by atoms with Crippen molar-refractivity contribution in [1.82, 2.24) is 10.2 Å². The highest BCUT2D eigenvalue weighted by Crippen LogP contribution is 2.29. The summed E-state index contributed by atoms with van der Waals surface area (Å²) in [6, 6.07) is 9.40. The van der Waals surface area contributed by atoms with E-state index in [1.165, 1.54) is 22.9 Å². The van der Waals surface area contributed by atoms with Gasteiger partial charge in [0.1, 0.15) is 0 Å². The fraction of sp³-hybridized carbons (Fsp3) is 0.625. The highest BCUT2D eigenvalue weighted by atomic mass is 79.9. The van der Waals surface area contributed by atoms with E-state index in [0.29, 0.717) is 6.04 Å². The molecule has 106 valence electrons. The molecule has 1 atom stereocenters. The molecule has 1 aromatic carbocycles. The van der Waals surface area contributed by atoms with Gasteiger partial charge in [0.05, 0.1) is 0 Å². The van der Waals surface area contributed by atoms with Crippen LogP contribution < -0.4 is 5.32 Å². The minimum absolute atomic E-state index is 0.571. The molecule has 0 amide bonds. The van der Waals surface area contributed by atoms with Crippen molar-refractivity contribution in [3.05, 3.63) is 34.3 Å². The van der Waals surface area contributed by atoms with Gasteiger partial charge in [-0.3, -0.25) is 4.90 Å². The van der Waals surface area contributed by atoms with Gasteiger partial charge in [-0.05, 0) is 36.5 Å². The summed E-state index contributed by atoms with van der Waals surface area (Å²) in [5, 5.41) is 3.45. The van der Waals surface area contributed by atoms with Gasteiger partial charge in [-0.1, -0.05) is 41.9 Å². The third kappa shape index (κ3) is 4.59. The predicted octanol–water partition coefficient (Wildman–Crippen LogP) is 3.83. The average Bonchev–Trinajstić information content (AvgIpc) is 2.40. The van der Waals surface area contributed by atoms with E-state index in [1.807, 2.05) is 0 Å². The SMILES string of the molecule is CC(C)CC[C@H](c1cccc(Br)c1)N1CCNCC1. The molecule has 1 fully saturated rings. The molecule has 1 aromatic rings. The van der Waals surface area contributed by atoms with Gasteiger partial charge in [0.2, 0.25) is 0 Å². The third-order valence-corrected chi connectivity index (χ3v) is 4.34. The highest BCUT2D eigenvalue weighted by Gasteiger charge is 2.22. The normalized spacial score (nSPS) is 18.7. The minimum Gasteiger partial charge on any atom is -0.314 e. The summed E-state index contributed by atoms with van der Waals surface area (Å²) < 4.78 is 1.19. The molecule has 0 saturated carbocycles. The Hall–Kier alpha value is -0.380. The van der Waals surface area contributed by atoms with Crippen LogP contribution in [0.15, 0.2) is 28.7 Å². The molecule has 0 aliphatic carbocycles. The first-order valence-corrected chi connectivity index (χ1v) is 8.16. The Balaban J connectivity index is 2.12. The number of hydrogen-bond donors (Lipinski definition) is 1. The van der Waals surface area contributed by atoms with E-state index in [9.17, 15) is 0 Å². The van der Waals surface area contributed by atoms with Crippen LogP contribution in [0.4, 0.5) is 0 Å². The lowest BCUT2D eigenvalue weighted by Crippen LogP contribution is -2.45. The Bertz CT molecular complexity index is 386. The zero-order valence-electron chi connectivity index (χ0n) is 12.0. The molecule has 1 aliphatic rings. The Morgan fingerprint density at radius 2 is 1.95 bits per heavy atom. The Morgan fingerprint density at radius 1 is 1.21 bits per heavy atom. The number of nitrogens with zero attached hydrogens (tertiary/aromatic N) is 1. The second kappa shape index (κ2) is 7.41. The van der Waals surface area contributed by atoms with Crippen LogP contribution in [0.3, 0.4) is 0 Å². The molecular formula is C16H25BrN2. The van der Waals surface area contributed by atoms with Crippen molar-refractivity contribution in [2.45, 2.75) is 32.7 Å². The highest BCUT2D eigenvalue weighted by molar-refractivity contribution is 9.10. The fourth-order valence-electron chi connectivity index (χ4n) is 2.76. The second-order valence-electron chi connectivity index (χ2n) is 5.83. The van der Waals surface area contributed by atoms with Crippen LogP contribution in [0.5, 0.6) is 0 Å². The molecule has 0 unspecified atom stereocenters. The summed E-state index contributed by atoms with van der Waals surface area (Å²) in [7, 11) is 0. The van der Waals surface area contributed by atoms with Crippen molar-refractivity contribution in [2.75, 3.05) is 26.2 Å². The molecule has 0 aromatic heterocycles. The van der Waals surface area contributed by atoms with E-state index in [-0.39, 0.29) is 0 Å². The lowest BCUT2D eigenvalue weighted by molar-refractivity contribution is 0.160. The van der Waals surface area contributed by atoms with Crippen LogP contribution in [0, 0.1) is 5.92 Å². The summed E-state index contributed by atoms with van der Waals surface area (Å²) in [5.74, 6) is 0.776. The van der Waals surface area contributed by atoms with Crippen LogP contribution in [-0.4, -0.2) is 31.1 Å². The molecule has 0 bridgehead atoms. The number of rotatable bonds is 5. The lowest BCUT2D eigenvalue weighted by Gasteiger charge is -2.35. The van der Waals surface area contributed by atoms with Crippen LogP contribution in [0.25, 0.3) is 0 Å². The summed E-state index contributed by atoms with van der Waals surface area (Å²) >= 11 is 3.60. The van der Waals surface area contributed by atoms with Gasteiger partial charge in [0.25, 0.3) is 0 Å². The van der Waals surface area contributed by atoms with Crippen molar-refractivity contribution in [3.8, 4) is 0 Å². The zero-order valence-corrected chi connectivity index (χ0v) is 13.6. The molecule has 1 heterocycles. The summed E-state index contributed by atoms with van der Waals surface area (Å²) in [5.41, 5.74) is 1.46. The van der Waals surface area contributed by atoms with Crippen LogP contribution in [0.1, 0.15) is 38.3 Å². The summed E-state index contributed by atoms with van der Waals surface area (Å²) in [4.78, 5) is 2.64. The van der Waals surface area contributed by atoms with Crippen LogP contribution in [-0.2, 0) is 0 Å². The van der Waals surface area contributed by atoms with Crippen molar-refractivity contribution in [2.24, 2.45) is 5.92 Å². The molecular weight excluding hydrogens is 300 g/mol. The number of piperazine rings is 1. The molecule has 19 heavy (non-hydrogen) atoms. The smallest absolute Gasteiger partial charge is 0.0349 e. The molecule has 3 heteroatoms. The lowest BCUT2D eigenvalue weighted by atomic mass is 9.96. The van der Waals surface area contributed by atoms with Crippen molar-refractivity contribution in [1.29, 1.82) is 0 Å². The maximum atomic E-state index is 3.60. The Kier molecular flexibility index (Phi) is 5.86. The van der Waals surface area contributed by atoms with Crippen molar-refractivity contribution in [3.63, 3.8) is 0 Å². The maximum Gasteiger partial charge on any atom is 0.0349 e. The fourth-order valence-corrected chi connectivity index (χ4v) is 3.18. The summed E-state index contributed by atoms with van der Waals surface area (Å²) in [6.45, 7) is 9.19. The molecule has 1 aliphatic heterocycles. The molecule has 2 rings (SSSR count). The van der Waals surface area contributed by atoms with E-state index < -0.39 is 0 Å². The van der Waals surface area contributed by atoms with E-state index in [4.69, 9.17) is 0 Å². The third-order valence-electron chi connectivity index (χ3n) is 3.84. The number of halogens is 1. The van der Waals surface area contributed by atoms with Crippen molar-refractivity contribution < 1.29 is 0 Å². The van der Waals surface area contributed by atoms with Gasteiger partial charge in [0, 0.05) is 36.7 Å². The topological polar surface area (TPSA) is 15.3 Å². The van der Waals surface area contributed by atoms with Gasteiger partial charge in [-0.2, -0.15) is 0 Å². The van der Waals surface area contributed by atoms with Gasteiger partial charge in [-0.15, -0.1) is 0 Å². The zero-order chi connectivity index (χ0) is 13.7. The standard InChI is InChI=1S/C16H25BrN2/c1-13(2)6-7-16(19-10-8-18-9-11-19)14-4-3-5-15(17)12-14/h3-5,12-13,16,18H,6-11H2,1-2H3/t16-/m1/s1. The Labute approximate surface area is 125 Å². The van der Waals surface area contributed by atoms with Gasteiger partial charge in [0.15, 0.2) is 0 Å². The molecule has 0 radical (unpaired) electrons. The van der Waals surface area contributed by atoms with Gasteiger partial charge >= 0.3 is 0 Å². The first kappa shape index (κ1) is 15.0. The maximum absolute atomic E-state index is 3.60. The average molecular weight is 325 g/mol. The number of hydrogen-bond acceptors (Lipinski definition) is 2. The monoisotopic (exact) mass is 324 g/mol. The number of nitrogens with one attached hydrogen (secondary N) is 1. The van der Waals surface area contributed by atoms with Crippen LogP contribution in [0.2, 0.25) is 0 Å². The quantitative estimate of drug-likeness (QED) is 0.885. The van der Waals surface area contributed by atoms with Crippen molar-refractivity contribution >= 4 is 15.9 Å². The second-order valence-corrected chi connectivity index (χ2v) is 6.74. The Morgan fingerprint density at radius 3 is 2.58 bits per heavy atom. The van der Waals surface area contributed by atoms with E-state index in [1.54, 1.807) is 0 Å². The van der Waals surface area contributed by atoms with E-state index in [0.717, 1.165) is 32.1 Å². The van der Waals surface area contributed by atoms with Gasteiger partial charge < -0.3 is 5.32 Å². The van der Waals surface area contributed by atoms with Crippen LogP contribution >= 0.6 is 15.9 Å². The predicted molar refractivity (Wildman–Crippen MR) is 85.4 cm³/mol. The molecule has 2 nitrogen and oxygen atoms in total. The molecule has 1 saturated heterocycles. The molecule has 1 N–H and O–H groups in total. The van der Waals surface area contributed by atoms with E-state index in [2.05, 4.69) is 64.3 Å².